The smallest absolute Gasteiger partial charge is 0.118 e. The molecular weight excluding hydrogens is 384 g/mol. The summed E-state index contributed by atoms with van der Waals surface area (Å²) in [6.45, 7) is 1.74. The summed E-state index contributed by atoms with van der Waals surface area (Å²) >= 11 is 0. The maximum atomic E-state index is 6.65. The van der Waals surface area contributed by atoms with Gasteiger partial charge in [0.25, 0.3) is 0 Å². The van der Waals surface area contributed by atoms with Crippen molar-refractivity contribution >= 4 is 10.9 Å². The summed E-state index contributed by atoms with van der Waals surface area (Å²) in [5.41, 5.74) is 11.8. The van der Waals surface area contributed by atoms with E-state index in [4.69, 9.17) is 15.5 Å². The molecule has 2 aromatic carbocycles. The first-order valence-corrected chi connectivity index (χ1v) is 10.6. The van der Waals surface area contributed by atoms with Crippen LogP contribution in [0.15, 0.2) is 79.0 Å². The van der Waals surface area contributed by atoms with Crippen molar-refractivity contribution in [2.45, 2.75) is 18.9 Å². The summed E-state index contributed by atoms with van der Waals surface area (Å²) < 4.78 is 5.28. The molecule has 31 heavy (non-hydrogen) atoms. The molecule has 1 unspecified atom stereocenters. The monoisotopic (exact) mass is 412 g/mol. The number of pyridine rings is 2. The Morgan fingerprint density at radius 1 is 0.968 bits per heavy atom. The van der Waals surface area contributed by atoms with Gasteiger partial charge in [0.05, 0.1) is 18.3 Å². The number of nitrogens with zero attached hydrogens (tertiary/aromatic N) is 2. The molecule has 0 saturated heterocycles. The van der Waals surface area contributed by atoms with Crippen LogP contribution in [0.2, 0.25) is 0 Å². The topological polar surface area (TPSA) is 73.1 Å². The molecule has 0 saturated carbocycles. The predicted molar refractivity (Wildman–Crippen MR) is 126 cm³/mol. The third-order valence-corrected chi connectivity index (χ3v) is 5.45. The molecule has 0 radical (unpaired) electrons. The number of rotatable bonds is 9. The molecule has 0 bridgehead atoms. The van der Waals surface area contributed by atoms with Crippen molar-refractivity contribution in [1.29, 1.82) is 0 Å². The maximum absolute atomic E-state index is 6.65. The van der Waals surface area contributed by atoms with Gasteiger partial charge >= 0.3 is 0 Å². The van der Waals surface area contributed by atoms with Gasteiger partial charge in [-0.25, -0.2) is 4.98 Å². The van der Waals surface area contributed by atoms with Crippen molar-refractivity contribution in [2.75, 3.05) is 20.2 Å². The Bertz CT molecular complexity index is 1110. The molecule has 0 spiro atoms. The summed E-state index contributed by atoms with van der Waals surface area (Å²) in [5, 5.41) is 4.60. The van der Waals surface area contributed by atoms with E-state index in [9.17, 15) is 0 Å². The van der Waals surface area contributed by atoms with Crippen LogP contribution in [0, 0.1) is 0 Å². The Kier molecular flexibility index (Phi) is 6.87. The molecule has 0 fully saturated rings. The molecule has 0 aliphatic heterocycles. The number of ether oxygens (including phenoxy) is 1. The lowest BCUT2D eigenvalue weighted by Gasteiger charge is -2.17. The highest BCUT2D eigenvalue weighted by atomic mass is 16.5. The molecular formula is C26H28N4O. The standard InChI is InChI=1S/C26H28N4O/c1-31-21-11-9-19(10-12-21)26-18-23(22-7-2-3-8-25(22)30-26)24(27)14-17-28-16-13-20-6-4-5-15-29-20/h2-12,15,18,24,28H,13-14,16-17,27H2,1H3. The highest BCUT2D eigenvalue weighted by Gasteiger charge is 2.13. The molecule has 5 nitrogen and oxygen atoms in total. The number of nitrogens with two attached hydrogens (primary N) is 1. The fourth-order valence-electron chi connectivity index (χ4n) is 3.72. The zero-order valence-corrected chi connectivity index (χ0v) is 17.8. The quantitative estimate of drug-likeness (QED) is 0.395. The second-order valence-electron chi connectivity index (χ2n) is 7.56. The van der Waals surface area contributed by atoms with Crippen molar-refractivity contribution < 1.29 is 4.74 Å². The molecule has 0 aliphatic rings. The zero-order valence-electron chi connectivity index (χ0n) is 17.8. The van der Waals surface area contributed by atoms with E-state index >= 15 is 0 Å². The lowest BCUT2D eigenvalue weighted by atomic mass is 9.97. The number of aromatic nitrogens is 2. The Balaban J connectivity index is 1.47. The van der Waals surface area contributed by atoms with E-state index in [0.717, 1.165) is 65.1 Å². The lowest BCUT2D eigenvalue weighted by Crippen LogP contribution is -2.23. The van der Waals surface area contributed by atoms with Gasteiger partial charge in [0, 0.05) is 41.8 Å². The van der Waals surface area contributed by atoms with Crippen LogP contribution in [-0.4, -0.2) is 30.2 Å². The van der Waals surface area contributed by atoms with Crippen LogP contribution in [-0.2, 0) is 6.42 Å². The second-order valence-corrected chi connectivity index (χ2v) is 7.56. The fraction of sp³-hybridized carbons (Fsp3) is 0.231. The van der Waals surface area contributed by atoms with Crippen molar-refractivity contribution in [3.63, 3.8) is 0 Å². The molecule has 2 heterocycles. The van der Waals surface area contributed by atoms with Gasteiger partial charge in [-0.15, -0.1) is 0 Å². The van der Waals surface area contributed by atoms with Gasteiger partial charge in [0.15, 0.2) is 0 Å². The van der Waals surface area contributed by atoms with Crippen LogP contribution < -0.4 is 15.8 Å². The molecule has 4 aromatic rings. The Labute approximate surface area is 183 Å². The number of hydrogen-bond donors (Lipinski definition) is 2. The SMILES string of the molecule is COc1ccc(-c2cc(C(N)CCNCCc3ccccn3)c3ccccc3n2)cc1. The summed E-state index contributed by atoms with van der Waals surface area (Å²) in [6.07, 6.45) is 3.59. The summed E-state index contributed by atoms with van der Waals surface area (Å²) in [4.78, 5) is 9.23. The first-order valence-electron chi connectivity index (χ1n) is 10.6. The Hall–Kier alpha value is -3.28. The van der Waals surface area contributed by atoms with Gasteiger partial charge in [-0.3, -0.25) is 4.98 Å². The lowest BCUT2D eigenvalue weighted by molar-refractivity contribution is 0.415. The molecule has 1 atom stereocenters. The minimum atomic E-state index is -0.0766. The second kappa shape index (κ2) is 10.2. The summed E-state index contributed by atoms with van der Waals surface area (Å²) in [7, 11) is 1.67. The molecule has 4 rings (SSSR count). The highest BCUT2D eigenvalue weighted by molar-refractivity contribution is 5.85. The van der Waals surface area contributed by atoms with Crippen LogP contribution in [0.1, 0.15) is 23.7 Å². The molecule has 158 valence electrons. The minimum absolute atomic E-state index is 0.0766. The van der Waals surface area contributed by atoms with Gasteiger partial charge in [0.2, 0.25) is 0 Å². The summed E-state index contributed by atoms with van der Waals surface area (Å²) in [6, 6.07) is 24.2. The first-order chi connectivity index (χ1) is 15.2. The van der Waals surface area contributed by atoms with Crippen molar-refractivity contribution in [2.24, 2.45) is 5.73 Å². The molecule has 2 aromatic heterocycles. The average Bonchev–Trinajstić information content (AvgIpc) is 2.83. The van der Waals surface area contributed by atoms with Gasteiger partial charge in [-0.2, -0.15) is 0 Å². The molecule has 0 amide bonds. The van der Waals surface area contributed by atoms with Crippen molar-refractivity contribution in [3.8, 4) is 17.0 Å². The predicted octanol–water partition coefficient (Wildman–Crippen LogP) is 4.53. The Morgan fingerprint density at radius 3 is 2.55 bits per heavy atom. The molecule has 5 heteroatoms. The van der Waals surface area contributed by atoms with Crippen molar-refractivity contribution in [3.05, 3.63) is 90.3 Å². The van der Waals surface area contributed by atoms with Gasteiger partial charge in [-0.05, 0) is 67.1 Å². The van der Waals surface area contributed by atoms with E-state index in [2.05, 4.69) is 28.5 Å². The van der Waals surface area contributed by atoms with E-state index in [1.807, 2.05) is 60.8 Å². The number of para-hydroxylation sites is 1. The van der Waals surface area contributed by atoms with E-state index in [-0.39, 0.29) is 6.04 Å². The molecule has 0 aliphatic carbocycles. The normalized spacial score (nSPS) is 12.1. The number of hydrogen-bond acceptors (Lipinski definition) is 5. The minimum Gasteiger partial charge on any atom is -0.497 e. The van der Waals surface area contributed by atoms with Crippen molar-refractivity contribution in [1.82, 2.24) is 15.3 Å². The third kappa shape index (κ3) is 5.26. The van der Waals surface area contributed by atoms with Crippen LogP contribution >= 0.6 is 0 Å². The number of fused-ring (bicyclic) bond motifs is 1. The van der Waals surface area contributed by atoms with Crippen LogP contribution in [0.25, 0.3) is 22.2 Å². The largest absolute Gasteiger partial charge is 0.497 e. The van der Waals surface area contributed by atoms with E-state index in [1.165, 1.54) is 0 Å². The summed E-state index contributed by atoms with van der Waals surface area (Å²) in [5.74, 6) is 0.832. The highest BCUT2D eigenvalue weighted by Crippen LogP contribution is 2.29. The van der Waals surface area contributed by atoms with E-state index < -0.39 is 0 Å². The van der Waals surface area contributed by atoms with Crippen LogP contribution in [0.3, 0.4) is 0 Å². The zero-order chi connectivity index (χ0) is 21.5. The van der Waals surface area contributed by atoms with Gasteiger partial charge in [0.1, 0.15) is 5.75 Å². The number of benzene rings is 2. The van der Waals surface area contributed by atoms with Gasteiger partial charge in [-0.1, -0.05) is 24.3 Å². The first kappa shape index (κ1) is 21.0. The van der Waals surface area contributed by atoms with Crippen LogP contribution in [0.5, 0.6) is 5.75 Å². The maximum Gasteiger partial charge on any atom is 0.118 e. The molecule has 3 N–H and O–H groups in total. The fourth-order valence-corrected chi connectivity index (χ4v) is 3.72. The number of methoxy groups -OCH3 is 1. The van der Waals surface area contributed by atoms with E-state index in [1.54, 1.807) is 7.11 Å². The average molecular weight is 413 g/mol. The van der Waals surface area contributed by atoms with Gasteiger partial charge < -0.3 is 15.8 Å². The Morgan fingerprint density at radius 2 is 1.77 bits per heavy atom. The number of nitrogens with one attached hydrogen (secondary N) is 1. The third-order valence-electron chi connectivity index (χ3n) is 5.45. The van der Waals surface area contributed by atoms with E-state index in [0.29, 0.717) is 0 Å². The van der Waals surface area contributed by atoms with Crippen LogP contribution in [0.4, 0.5) is 0 Å².